The standard InChI is InChI=1S/C17H18BrNO2/c1-2-13-4-3-5-16(12-13)21-11-10-19-17(20)14-6-8-15(18)9-7-14/h3-9,12H,2,10-11H2,1H3,(H,19,20). The van der Waals surface area contributed by atoms with Gasteiger partial charge in [-0.1, -0.05) is 35.0 Å². The van der Waals surface area contributed by atoms with Gasteiger partial charge >= 0.3 is 0 Å². The molecule has 0 aromatic heterocycles. The topological polar surface area (TPSA) is 38.3 Å². The summed E-state index contributed by atoms with van der Waals surface area (Å²) in [6.07, 6.45) is 0.984. The summed E-state index contributed by atoms with van der Waals surface area (Å²) in [4.78, 5) is 11.9. The highest BCUT2D eigenvalue weighted by atomic mass is 79.9. The summed E-state index contributed by atoms with van der Waals surface area (Å²) >= 11 is 3.34. The molecule has 2 aromatic carbocycles. The Kier molecular flexibility index (Phi) is 5.81. The summed E-state index contributed by atoms with van der Waals surface area (Å²) in [6.45, 7) is 3.04. The van der Waals surface area contributed by atoms with E-state index in [1.165, 1.54) is 5.56 Å². The molecule has 3 nitrogen and oxygen atoms in total. The van der Waals surface area contributed by atoms with E-state index in [-0.39, 0.29) is 5.91 Å². The van der Waals surface area contributed by atoms with Crippen LogP contribution in [0.1, 0.15) is 22.8 Å². The highest BCUT2D eigenvalue weighted by Gasteiger charge is 2.04. The third-order valence-corrected chi connectivity index (χ3v) is 3.60. The van der Waals surface area contributed by atoms with Crippen LogP contribution in [0.25, 0.3) is 0 Å². The van der Waals surface area contributed by atoms with Crippen molar-refractivity contribution in [3.05, 3.63) is 64.1 Å². The van der Waals surface area contributed by atoms with Crippen molar-refractivity contribution in [3.63, 3.8) is 0 Å². The van der Waals surface area contributed by atoms with Crippen LogP contribution >= 0.6 is 15.9 Å². The van der Waals surface area contributed by atoms with Gasteiger partial charge in [0.15, 0.2) is 0 Å². The van der Waals surface area contributed by atoms with Crippen LogP contribution in [0.15, 0.2) is 53.0 Å². The highest BCUT2D eigenvalue weighted by Crippen LogP contribution is 2.13. The molecular weight excluding hydrogens is 330 g/mol. The Morgan fingerprint density at radius 2 is 1.95 bits per heavy atom. The lowest BCUT2D eigenvalue weighted by molar-refractivity contribution is 0.0947. The number of amides is 1. The predicted octanol–water partition coefficient (Wildman–Crippen LogP) is 3.82. The van der Waals surface area contributed by atoms with Gasteiger partial charge in [0, 0.05) is 10.0 Å². The number of carbonyl (C=O) groups excluding carboxylic acids is 1. The quantitative estimate of drug-likeness (QED) is 0.806. The SMILES string of the molecule is CCc1cccc(OCCNC(=O)c2ccc(Br)cc2)c1. The van der Waals surface area contributed by atoms with E-state index in [0.717, 1.165) is 16.6 Å². The fourth-order valence-corrected chi connectivity index (χ4v) is 2.16. The van der Waals surface area contributed by atoms with Gasteiger partial charge < -0.3 is 10.1 Å². The van der Waals surface area contributed by atoms with Crippen molar-refractivity contribution in [2.45, 2.75) is 13.3 Å². The third-order valence-electron chi connectivity index (χ3n) is 3.07. The minimum absolute atomic E-state index is 0.0894. The van der Waals surface area contributed by atoms with Crippen LogP contribution in [0.5, 0.6) is 5.75 Å². The fourth-order valence-electron chi connectivity index (χ4n) is 1.89. The molecule has 0 bridgehead atoms. The molecule has 110 valence electrons. The molecular formula is C17H18BrNO2. The normalized spacial score (nSPS) is 10.2. The Labute approximate surface area is 133 Å². The molecule has 0 saturated heterocycles. The predicted molar refractivity (Wildman–Crippen MR) is 87.8 cm³/mol. The first-order chi connectivity index (χ1) is 10.2. The molecule has 0 spiro atoms. The molecule has 0 saturated carbocycles. The van der Waals surface area contributed by atoms with Crippen LogP contribution in [0.4, 0.5) is 0 Å². The number of ether oxygens (including phenoxy) is 1. The average molecular weight is 348 g/mol. The number of rotatable bonds is 6. The second-order valence-electron chi connectivity index (χ2n) is 4.61. The lowest BCUT2D eigenvalue weighted by Gasteiger charge is -2.09. The van der Waals surface area contributed by atoms with E-state index in [1.807, 2.05) is 30.3 Å². The van der Waals surface area contributed by atoms with Crippen LogP contribution in [-0.4, -0.2) is 19.1 Å². The lowest BCUT2D eigenvalue weighted by atomic mass is 10.2. The van der Waals surface area contributed by atoms with Crippen LogP contribution in [0, 0.1) is 0 Å². The van der Waals surface area contributed by atoms with Crippen molar-refractivity contribution in [1.29, 1.82) is 0 Å². The van der Waals surface area contributed by atoms with E-state index in [0.29, 0.717) is 18.7 Å². The van der Waals surface area contributed by atoms with Gasteiger partial charge in [-0.2, -0.15) is 0 Å². The van der Waals surface area contributed by atoms with Crippen LogP contribution in [0.3, 0.4) is 0 Å². The number of carbonyl (C=O) groups is 1. The summed E-state index contributed by atoms with van der Waals surface area (Å²) < 4.78 is 6.59. The maximum Gasteiger partial charge on any atom is 0.251 e. The number of hydrogen-bond acceptors (Lipinski definition) is 2. The summed E-state index contributed by atoms with van der Waals surface area (Å²) in [7, 11) is 0. The zero-order valence-corrected chi connectivity index (χ0v) is 13.5. The van der Waals surface area contributed by atoms with Crippen LogP contribution in [0.2, 0.25) is 0 Å². The number of aryl methyl sites for hydroxylation is 1. The molecule has 4 heteroatoms. The van der Waals surface area contributed by atoms with Gasteiger partial charge in [0.2, 0.25) is 0 Å². The first-order valence-electron chi connectivity index (χ1n) is 6.94. The fraction of sp³-hybridized carbons (Fsp3) is 0.235. The summed E-state index contributed by atoms with van der Waals surface area (Å²) in [5.41, 5.74) is 1.89. The van der Waals surface area contributed by atoms with Gasteiger partial charge in [-0.15, -0.1) is 0 Å². The first-order valence-corrected chi connectivity index (χ1v) is 7.74. The van der Waals surface area contributed by atoms with E-state index in [9.17, 15) is 4.79 Å². The molecule has 21 heavy (non-hydrogen) atoms. The second-order valence-corrected chi connectivity index (χ2v) is 5.53. The number of nitrogens with one attached hydrogen (secondary N) is 1. The smallest absolute Gasteiger partial charge is 0.251 e. The molecule has 0 radical (unpaired) electrons. The Morgan fingerprint density at radius 3 is 2.67 bits per heavy atom. The minimum atomic E-state index is -0.0894. The Balaban J connectivity index is 1.76. The van der Waals surface area contributed by atoms with Crippen molar-refractivity contribution in [3.8, 4) is 5.75 Å². The zero-order chi connectivity index (χ0) is 15.1. The maximum atomic E-state index is 11.9. The van der Waals surface area contributed by atoms with Gasteiger partial charge in [-0.25, -0.2) is 0 Å². The van der Waals surface area contributed by atoms with Gasteiger partial charge in [-0.3, -0.25) is 4.79 Å². The molecule has 1 N–H and O–H groups in total. The van der Waals surface area contributed by atoms with E-state index in [1.54, 1.807) is 12.1 Å². The highest BCUT2D eigenvalue weighted by molar-refractivity contribution is 9.10. The summed E-state index contributed by atoms with van der Waals surface area (Å²) in [5, 5.41) is 2.84. The molecule has 1 amide bonds. The maximum absolute atomic E-state index is 11.9. The van der Waals surface area contributed by atoms with E-state index < -0.39 is 0 Å². The molecule has 2 aromatic rings. The number of hydrogen-bond donors (Lipinski definition) is 1. The van der Waals surface area contributed by atoms with Gasteiger partial charge in [0.1, 0.15) is 12.4 Å². The molecule has 0 atom stereocenters. The lowest BCUT2D eigenvalue weighted by Crippen LogP contribution is -2.28. The average Bonchev–Trinajstić information content (AvgIpc) is 2.52. The molecule has 0 unspecified atom stereocenters. The van der Waals surface area contributed by atoms with Crippen molar-refractivity contribution >= 4 is 21.8 Å². The molecule has 2 rings (SSSR count). The Morgan fingerprint density at radius 1 is 1.19 bits per heavy atom. The van der Waals surface area contributed by atoms with E-state index >= 15 is 0 Å². The molecule has 0 aliphatic rings. The van der Waals surface area contributed by atoms with Gasteiger partial charge in [0.25, 0.3) is 5.91 Å². The summed E-state index contributed by atoms with van der Waals surface area (Å²) in [5.74, 6) is 0.751. The second kappa shape index (κ2) is 7.84. The van der Waals surface area contributed by atoms with Gasteiger partial charge in [-0.05, 0) is 48.4 Å². The molecule has 0 aliphatic heterocycles. The van der Waals surface area contributed by atoms with Crippen molar-refractivity contribution in [1.82, 2.24) is 5.32 Å². The Bertz CT molecular complexity index is 596. The minimum Gasteiger partial charge on any atom is -0.492 e. The molecule has 0 aliphatic carbocycles. The van der Waals surface area contributed by atoms with Crippen molar-refractivity contribution < 1.29 is 9.53 Å². The van der Waals surface area contributed by atoms with Crippen molar-refractivity contribution in [2.24, 2.45) is 0 Å². The largest absolute Gasteiger partial charge is 0.492 e. The van der Waals surface area contributed by atoms with Crippen LogP contribution < -0.4 is 10.1 Å². The number of benzene rings is 2. The van der Waals surface area contributed by atoms with Crippen molar-refractivity contribution in [2.75, 3.05) is 13.2 Å². The Hall–Kier alpha value is -1.81. The number of halogens is 1. The summed E-state index contributed by atoms with van der Waals surface area (Å²) in [6, 6.07) is 15.3. The first kappa shape index (κ1) is 15.6. The molecule has 0 heterocycles. The monoisotopic (exact) mass is 347 g/mol. The third kappa shape index (κ3) is 4.90. The van der Waals surface area contributed by atoms with E-state index in [2.05, 4.69) is 34.2 Å². The molecule has 0 fully saturated rings. The van der Waals surface area contributed by atoms with E-state index in [4.69, 9.17) is 4.74 Å². The van der Waals surface area contributed by atoms with Gasteiger partial charge in [0.05, 0.1) is 6.54 Å². The zero-order valence-electron chi connectivity index (χ0n) is 11.9. The van der Waals surface area contributed by atoms with Crippen LogP contribution in [-0.2, 0) is 6.42 Å².